The van der Waals surface area contributed by atoms with Gasteiger partial charge in [0.2, 0.25) is 5.91 Å². The van der Waals surface area contributed by atoms with Crippen molar-refractivity contribution in [3.8, 4) is 0 Å². The molecular formula is C20H34N4O3. The Kier molecular flexibility index (Phi) is 5.71. The van der Waals surface area contributed by atoms with E-state index in [4.69, 9.17) is 10.5 Å². The Morgan fingerprint density at radius 1 is 1.19 bits per heavy atom. The van der Waals surface area contributed by atoms with Crippen LogP contribution in [0.1, 0.15) is 57.8 Å². The number of ether oxygens (including phenoxy) is 1. The number of nitrogens with zero attached hydrogens (tertiary/aromatic N) is 2. The van der Waals surface area contributed by atoms with E-state index in [0.29, 0.717) is 12.3 Å². The molecule has 7 nitrogen and oxygen atoms in total. The van der Waals surface area contributed by atoms with E-state index in [1.807, 2.05) is 4.90 Å². The third-order valence-corrected chi connectivity index (χ3v) is 7.21. The zero-order valence-electron chi connectivity index (χ0n) is 16.4. The molecule has 4 aliphatic rings. The van der Waals surface area contributed by atoms with E-state index in [1.54, 1.807) is 0 Å². The summed E-state index contributed by atoms with van der Waals surface area (Å²) in [5.74, 6) is -0.150. The van der Waals surface area contributed by atoms with Crippen molar-refractivity contribution >= 4 is 11.9 Å². The van der Waals surface area contributed by atoms with Crippen LogP contribution in [-0.2, 0) is 14.3 Å². The summed E-state index contributed by atoms with van der Waals surface area (Å²) >= 11 is 0. The molecule has 3 heterocycles. The molecule has 4 rings (SSSR count). The van der Waals surface area contributed by atoms with Gasteiger partial charge < -0.3 is 15.4 Å². The van der Waals surface area contributed by atoms with Gasteiger partial charge in [-0.1, -0.05) is 19.3 Å². The van der Waals surface area contributed by atoms with Gasteiger partial charge in [0.25, 0.3) is 0 Å². The molecule has 5 unspecified atom stereocenters. The van der Waals surface area contributed by atoms with Gasteiger partial charge in [-0.05, 0) is 44.4 Å². The Labute approximate surface area is 161 Å². The molecule has 3 aliphatic heterocycles. The molecule has 1 amide bonds. The summed E-state index contributed by atoms with van der Waals surface area (Å²) in [4.78, 5) is 29.9. The molecule has 27 heavy (non-hydrogen) atoms. The third-order valence-electron chi connectivity index (χ3n) is 7.21. The predicted molar refractivity (Wildman–Crippen MR) is 101 cm³/mol. The highest BCUT2D eigenvalue weighted by Gasteiger charge is 2.52. The standard InChI is InChI=1S/C20H34N4O3/c1-27-20(26)14-11-15-18(22-16-9-5-6-10-23(16)19(15)25)24(17(14)21)12-13-7-3-2-4-8-13/h13-18,22H,2-12,21H2,1H3. The fraction of sp³-hybridized carbons (Fsp3) is 0.900. The first-order chi connectivity index (χ1) is 13.1. The number of hydrogen-bond acceptors (Lipinski definition) is 6. The molecule has 0 aromatic rings. The second kappa shape index (κ2) is 8.05. The second-order valence-electron chi connectivity index (χ2n) is 8.82. The predicted octanol–water partition coefficient (Wildman–Crippen LogP) is 1.23. The molecule has 0 aromatic heterocycles. The van der Waals surface area contributed by atoms with Crippen molar-refractivity contribution in [3.05, 3.63) is 0 Å². The van der Waals surface area contributed by atoms with Gasteiger partial charge in [0.1, 0.15) is 0 Å². The van der Waals surface area contributed by atoms with Crippen LogP contribution in [0.15, 0.2) is 0 Å². The molecule has 3 saturated heterocycles. The van der Waals surface area contributed by atoms with Crippen molar-refractivity contribution in [1.82, 2.24) is 15.1 Å². The summed E-state index contributed by atoms with van der Waals surface area (Å²) < 4.78 is 5.03. The van der Waals surface area contributed by atoms with Crippen LogP contribution in [-0.4, -0.2) is 60.4 Å². The van der Waals surface area contributed by atoms with Crippen molar-refractivity contribution in [3.63, 3.8) is 0 Å². The number of methoxy groups -OCH3 is 1. The molecule has 0 bridgehead atoms. The molecule has 1 aliphatic carbocycles. The lowest BCUT2D eigenvalue weighted by atomic mass is 9.79. The maximum Gasteiger partial charge on any atom is 0.311 e. The number of hydrogen-bond donors (Lipinski definition) is 2. The van der Waals surface area contributed by atoms with Gasteiger partial charge in [-0.25, -0.2) is 0 Å². The van der Waals surface area contributed by atoms with Crippen LogP contribution in [0, 0.1) is 17.8 Å². The number of carbonyl (C=O) groups is 2. The Morgan fingerprint density at radius 3 is 2.67 bits per heavy atom. The molecule has 0 aromatic carbocycles. The molecule has 0 radical (unpaired) electrons. The minimum absolute atomic E-state index is 0.0605. The highest BCUT2D eigenvalue weighted by molar-refractivity contribution is 5.82. The summed E-state index contributed by atoms with van der Waals surface area (Å²) in [6.45, 7) is 1.68. The largest absolute Gasteiger partial charge is 0.469 e. The summed E-state index contributed by atoms with van der Waals surface area (Å²) in [5.41, 5.74) is 6.60. The van der Waals surface area contributed by atoms with Gasteiger partial charge in [0.05, 0.1) is 37.4 Å². The number of esters is 1. The Morgan fingerprint density at radius 2 is 1.93 bits per heavy atom. The number of fused-ring (bicyclic) bond motifs is 2. The smallest absolute Gasteiger partial charge is 0.311 e. The minimum Gasteiger partial charge on any atom is -0.469 e. The van der Waals surface area contributed by atoms with E-state index in [-0.39, 0.29) is 30.1 Å². The van der Waals surface area contributed by atoms with E-state index in [9.17, 15) is 9.59 Å². The SMILES string of the molecule is COC(=O)C1CC2C(=O)N3CCCCC3NC2N(CC2CCCCC2)C1N. The van der Waals surface area contributed by atoms with Crippen molar-refractivity contribution in [2.24, 2.45) is 23.5 Å². The molecular weight excluding hydrogens is 344 g/mol. The fourth-order valence-electron chi connectivity index (χ4n) is 5.71. The lowest BCUT2D eigenvalue weighted by Crippen LogP contribution is -2.74. The highest BCUT2D eigenvalue weighted by Crippen LogP contribution is 2.38. The van der Waals surface area contributed by atoms with Gasteiger partial charge in [0.15, 0.2) is 0 Å². The molecule has 4 fully saturated rings. The zero-order chi connectivity index (χ0) is 19.0. The average molecular weight is 379 g/mol. The lowest BCUT2D eigenvalue weighted by molar-refractivity contribution is -0.169. The molecule has 5 atom stereocenters. The fourth-order valence-corrected chi connectivity index (χ4v) is 5.71. The van der Waals surface area contributed by atoms with Crippen LogP contribution in [0.2, 0.25) is 0 Å². The quantitative estimate of drug-likeness (QED) is 0.718. The molecule has 1 saturated carbocycles. The molecule has 3 N–H and O–H groups in total. The number of carbonyl (C=O) groups excluding carboxylic acids is 2. The van der Waals surface area contributed by atoms with Crippen LogP contribution in [0.4, 0.5) is 0 Å². The zero-order valence-corrected chi connectivity index (χ0v) is 16.4. The van der Waals surface area contributed by atoms with Gasteiger partial charge in [-0.3, -0.25) is 19.8 Å². The van der Waals surface area contributed by atoms with Gasteiger partial charge in [0, 0.05) is 13.1 Å². The average Bonchev–Trinajstić information content (AvgIpc) is 2.70. The second-order valence-corrected chi connectivity index (χ2v) is 8.82. The summed E-state index contributed by atoms with van der Waals surface area (Å²) in [7, 11) is 1.41. The summed E-state index contributed by atoms with van der Waals surface area (Å²) in [6.07, 6.45) is 9.64. The Balaban J connectivity index is 1.59. The lowest BCUT2D eigenvalue weighted by Gasteiger charge is -2.55. The van der Waals surface area contributed by atoms with Crippen LogP contribution < -0.4 is 11.1 Å². The van der Waals surface area contributed by atoms with E-state index in [2.05, 4.69) is 10.2 Å². The molecule has 152 valence electrons. The third kappa shape index (κ3) is 3.61. The number of nitrogens with two attached hydrogens (primary N) is 1. The van der Waals surface area contributed by atoms with E-state index in [0.717, 1.165) is 32.4 Å². The number of nitrogens with one attached hydrogen (secondary N) is 1. The maximum atomic E-state index is 13.3. The van der Waals surface area contributed by atoms with Gasteiger partial charge >= 0.3 is 5.97 Å². The number of piperidine rings is 2. The van der Waals surface area contributed by atoms with E-state index in [1.165, 1.54) is 39.2 Å². The number of amides is 1. The number of likely N-dealkylation sites (tertiary alicyclic amines) is 1. The monoisotopic (exact) mass is 378 g/mol. The topological polar surface area (TPSA) is 87.9 Å². The van der Waals surface area contributed by atoms with Crippen LogP contribution in [0.5, 0.6) is 0 Å². The maximum absolute atomic E-state index is 13.3. The van der Waals surface area contributed by atoms with Crippen LogP contribution in [0.25, 0.3) is 0 Å². The van der Waals surface area contributed by atoms with E-state index < -0.39 is 12.1 Å². The highest BCUT2D eigenvalue weighted by atomic mass is 16.5. The van der Waals surface area contributed by atoms with Crippen LogP contribution >= 0.6 is 0 Å². The number of rotatable bonds is 3. The van der Waals surface area contributed by atoms with Crippen LogP contribution in [0.3, 0.4) is 0 Å². The van der Waals surface area contributed by atoms with Gasteiger partial charge in [-0.2, -0.15) is 0 Å². The summed E-state index contributed by atoms with van der Waals surface area (Å²) in [5, 5.41) is 3.73. The Bertz CT molecular complexity index is 565. The first-order valence-corrected chi connectivity index (χ1v) is 10.8. The van der Waals surface area contributed by atoms with E-state index >= 15 is 0 Å². The Hall–Kier alpha value is -1.18. The molecule has 0 spiro atoms. The minimum atomic E-state index is -0.438. The first kappa shape index (κ1) is 19.2. The van der Waals surface area contributed by atoms with Crippen molar-refractivity contribution in [2.45, 2.75) is 76.3 Å². The summed E-state index contributed by atoms with van der Waals surface area (Å²) in [6, 6.07) is 0. The van der Waals surface area contributed by atoms with Crippen molar-refractivity contribution in [2.75, 3.05) is 20.2 Å². The van der Waals surface area contributed by atoms with Gasteiger partial charge in [-0.15, -0.1) is 0 Å². The first-order valence-electron chi connectivity index (χ1n) is 10.8. The molecule has 7 heteroatoms. The van der Waals surface area contributed by atoms with Crippen molar-refractivity contribution in [1.29, 1.82) is 0 Å². The normalized spacial score (nSPS) is 38.2. The van der Waals surface area contributed by atoms with Crippen molar-refractivity contribution < 1.29 is 14.3 Å².